The number of hydrogen-bond donors (Lipinski definition) is 1. The van der Waals surface area contributed by atoms with Crippen LogP contribution in [0.4, 0.5) is 0 Å². The van der Waals surface area contributed by atoms with Gasteiger partial charge in [0.15, 0.2) is 5.82 Å². The zero-order valence-corrected chi connectivity index (χ0v) is 20.6. The monoisotopic (exact) mass is 464 g/mol. The average molecular weight is 465 g/mol. The lowest BCUT2D eigenvalue weighted by atomic mass is 10.0. The van der Waals surface area contributed by atoms with Crippen molar-refractivity contribution in [3.8, 4) is 0 Å². The first-order valence-corrected chi connectivity index (χ1v) is 12.8. The highest BCUT2D eigenvalue weighted by Gasteiger charge is 2.31. The van der Waals surface area contributed by atoms with Gasteiger partial charge < -0.3 is 9.72 Å². The summed E-state index contributed by atoms with van der Waals surface area (Å²) in [7, 11) is 0. The SMILES string of the molecule is CC[C@@H](c1nnnn1C1CCCC1)N(Cc1cc2cc(C)cc(C)c2[nH]c1=O)C[C@H]1CCCO1. The zero-order valence-electron chi connectivity index (χ0n) is 20.6. The van der Waals surface area contributed by atoms with Crippen molar-refractivity contribution in [1.29, 1.82) is 0 Å². The number of aryl methyl sites for hydroxylation is 2. The number of aromatic amines is 1. The van der Waals surface area contributed by atoms with Crippen LogP contribution in [-0.4, -0.2) is 49.3 Å². The minimum absolute atomic E-state index is 0.0224. The Balaban J connectivity index is 1.50. The van der Waals surface area contributed by atoms with E-state index in [1.165, 1.54) is 18.4 Å². The van der Waals surface area contributed by atoms with E-state index < -0.39 is 0 Å². The molecule has 0 bridgehead atoms. The summed E-state index contributed by atoms with van der Waals surface area (Å²) in [6.07, 6.45) is 7.89. The van der Waals surface area contributed by atoms with Crippen molar-refractivity contribution in [2.75, 3.05) is 13.2 Å². The molecular formula is C26H36N6O2. The van der Waals surface area contributed by atoms with Gasteiger partial charge in [-0.05, 0) is 79.5 Å². The molecule has 8 nitrogen and oxygen atoms in total. The number of benzene rings is 1. The largest absolute Gasteiger partial charge is 0.377 e. The molecule has 182 valence electrons. The van der Waals surface area contributed by atoms with Crippen LogP contribution in [0.2, 0.25) is 0 Å². The van der Waals surface area contributed by atoms with Crippen LogP contribution in [0.25, 0.3) is 10.9 Å². The fourth-order valence-electron chi connectivity index (χ4n) is 5.85. The second-order valence-corrected chi connectivity index (χ2v) is 10.1. The van der Waals surface area contributed by atoms with Crippen molar-refractivity contribution >= 4 is 10.9 Å². The van der Waals surface area contributed by atoms with Crippen molar-refractivity contribution in [3.63, 3.8) is 0 Å². The number of aromatic nitrogens is 5. The van der Waals surface area contributed by atoms with Gasteiger partial charge in [-0.3, -0.25) is 9.69 Å². The average Bonchev–Trinajstić information content (AvgIpc) is 3.58. The van der Waals surface area contributed by atoms with E-state index in [1.54, 1.807) is 0 Å². The molecule has 0 radical (unpaired) electrons. The number of nitrogens with zero attached hydrogens (tertiary/aromatic N) is 5. The van der Waals surface area contributed by atoms with Crippen LogP contribution in [0, 0.1) is 13.8 Å². The van der Waals surface area contributed by atoms with Gasteiger partial charge in [0.2, 0.25) is 0 Å². The summed E-state index contributed by atoms with van der Waals surface area (Å²) >= 11 is 0. The second kappa shape index (κ2) is 9.96. The molecule has 2 atom stereocenters. The van der Waals surface area contributed by atoms with Gasteiger partial charge in [0, 0.05) is 25.3 Å². The number of pyridine rings is 1. The molecule has 0 spiro atoms. The number of hydrogen-bond acceptors (Lipinski definition) is 6. The summed E-state index contributed by atoms with van der Waals surface area (Å²) < 4.78 is 8.07. The van der Waals surface area contributed by atoms with Crippen LogP contribution in [-0.2, 0) is 11.3 Å². The first-order valence-electron chi connectivity index (χ1n) is 12.8. The first-order chi connectivity index (χ1) is 16.5. The molecule has 2 aromatic heterocycles. The molecule has 1 aromatic carbocycles. The molecule has 1 aliphatic carbocycles. The highest BCUT2D eigenvalue weighted by Crippen LogP contribution is 2.33. The molecule has 2 fully saturated rings. The minimum atomic E-state index is -0.0259. The molecule has 5 rings (SSSR count). The third kappa shape index (κ3) is 4.66. The van der Waals surface area contributed by atoms with E-state index in [2.05, 4.69) is 62.1 Å². The maximum atomic E-state index is 13.2. The smallest absolute Gasteiger partial charge is 0.252 e. The summed E-state index contributed by atoms with van der Waals surface area (Å²) in [5, 5.41) is 14.0. The number of ether oxygens (including phenoxy) is 1. The number of tetrazole rings is 1. The Hall–Kier alpha value is -2.58. The zero-order chi connectivity index (χ0) is 23.7. The Morgan fingerprint density at radius 3 is 2.74 bits per heavy atom. The van der Waals surface area contributed by atoms with Crippen molar-refractivity contribution in [1.82, 2.24) is 30.1 Å². The summed E-state index contributed by atoms with van der Waals surface area (Å²) in [5.74, 6) is 0.913. The number of fused-ring (bicyclic) bond motifs is 1. The van der Waals surface area contributed by atoms with Crippen LogP contribution in [0.15, 0.2) is 23.0 Å². The molecule has 34 heavy (non-hydrogen) atoms. The molecule has 1 saturated heterocycles. The number of H-pyrrole nitrogens is 1. The van der Waals surface area contributed by atoms with Crippen LogP contribution < -0.4 is 5.56 Å². The van der Waals surface area contributed by atoms with Gasteiger partial charge in [0.1, 0.15) is 0 Å². The number of rotatable bonds is 8. The predicted molar refractivity (Wildman–Crippen MR) is 132 cm³/mol. The predicted octanol–water partition coefficient (Wildman–Crippen LogP) is 4.38. The standard InChI is InChI=1S/C26H36N6O2/c1-4-23(25-28-29-30-32(25)21-8-5-6-9-21)31(16-22-10-7-11-34-22)15-20-14-19-13-17(2)12-18(3)24(19)27-26(20)33/h12-14,21-23H,4-11,15-16H2,1-3H3,(H,27,33)/t22-,23+/m1/s1. The van der Waals surface area contributed by atoms with Crippen LogP contribution in [0.1, 0.15) is 86.5 Å². The van der Waals surface area contributed by atoms with Crippen LogP contribution in [0.5, 0.6) is 0 Å². The van der Waals surface area contributed by atoms with E-state index in [0.29, 0.717) is 12.6 Å². The summed E-state index contributed by atoms with van der Waals surface area (Å²) in [5.41, 5.74) is 3.96. The molecule has 1 N–H and O–H groups in total. The lowest BCUT2D eigenvalue weighted by Crippen LogP contribution is -2.38. The van der Waals surface area contributed by atoms with Crippen molar-refractivity contribution in [2.45, 2.75) is 90.4 Å². The Bertz CT molecular complexity index is 1190. The van der Waals surface area contributed by atoms with E-state index in [9.17, 15) is 4.79 Å². The van der Waals surface area contributed by atoms with E-state index in [4.69, 9.17) is 4.74 Å². The first kappa shape index (κ1) is 23.2. The lowest BCUT2D eigenvalue weighted by molar-refractivity contribution is 0.0484. The molecule has 3 heterocycles. The van der Waals surface area contributed by atoms with E-state index >= 15 is 0 Å². The summed E-state index contributed by atoms with van der Waals surface area (Å²) in [4.78, 5) is 18.7. The van der Waals surface area contributed by atoms with Gasteiger partial charge in [-0.1, -0.05) is 31.4 Å². The topological polar surface area (TPSA) is 88.9 Å². The molecule has 1 aliphatic heterocycles. The van der Waals surface area contributed by atoms with Crippen LogP contribution in [0.3, 0.4) is 0 Å². The van der Waals surface area contributed by atoms with E-state index in [0.717, 1.165) is 73.1 Å². The second-order valence-electron chi connectivity index (χ2n) is 10.1. The van der Waals surface area contributed by atoms with Gasteiger partial charge in [0.05, 0.1) is 23.7 Å². The van der Waals surface area contributed by atoms with Gasteiger partial charge in [-0.2, -0.15) is 0 Å². The summed E-state index contributed by atoms with van der Waals surface area (Å²) in [6, 6.07) is 6.71. The van der Waals surface area contributed by atoms with Crippen LogP contribution >= 0.6 is 0 Å². The maximum absolute atomic E-state index is 13.2. The van der Waals surface area contributed by atoms with Gasteiger partial charge in [-0.25, -0.2) is 4.68 Å². The Morgan fingerprint density at radius 2 is 2.00 bits per heavy atom. The van der Waals surface area contributed by atoms with Gasteiger partial charge in [-0.15, -0.1) is 5.10 Å². The Labute approximate surface area is 200 Å². The third-order valence-electron chi connectivity index (χ3n) is 7.52. The lowest BCUT2D eigenvalue weighted by Gasteiger charge is -2.32. The molecule has 1 saturated carbocycles. The fraction of sp³-hybridized carbons (Fsp3) is 0.615. The van der Waals surface area contributed by atoms with Gasteiger partial charge >= 0.3 is 0 Å². The van der Waals surface area contributed by atoms with Gasteiger partial charge in [0.25, 0.3) is 5.56 Å². The van der Waals surface area contributed by atoms with Crippen molar-refractivity contribution < 1.29 is 4.74 Å². The third-order valence-corrected chi connectivity index (χ3v) is 7.52. The van der Waals surface area contributed by atoms with E-state index in [1.807, 2.05) is 6.92 Å². The Kier molecular flexibility index (Phi) is 6.79. The molecular weight excluding hydrogens is 428 g/mol. The van der Waals surface area contributed by atoms with Crippen molar-refractivity contribution in [3.05, 3.63) is 51.1 Å². The fourth-order valence-corrected chi connectivity index (χ4v) is 5.85. The van der Waals surface area contributed by atoms with E-state index in [-0.39, 0.29) is 17.7 Å². The van der Waals surface area contributed by atoms with Crippen molar-refractivity contribution in [2.24, 2.45) is 0 Å². The molecule has 0 amide bonds. The minimum Gasteiger partial charge on any atom is -0.377 e. The normalized spacial score (nSPS) is 20.1. The molecule has 3 aromatic rings. The highest BCUT2D eigenvalue weighted by atomic mass is 16.5. The molecule has 8 heteroatoms. The Morgan fingerprint density at radius 1 is 1.18 bits per heavy atom. The quantitative estimate of drug-likeness (QED) is 0.532. The summed E-state index contributed by atoms with van der Waals surface area (Å²) in [6.45, 7) is 8.43. The number of nitrogens with one attached hydrogen (secondary N) is 1. The molecule has 2 aliphatic rings. The maximum Gasteiger partial charge on any atom is 0.252 e. The molecule has 0 unspecified atom stereocenters. The highest BCUT2D eigenvalue weighted by molar-refractivity contribution is 5.82.